The molecule has 3 aromatic carbocycles. The van der Waals surface area contributed by atoms with Gasteiger partial charge in [-0.15, -0.1) is 10.6 Å². The number of benzene rings is 3. The molecule has 16 nitrogen and oxygen atoms in total. The summed E-state index contributed by atoms with van der Waals surface area (Å²) in [4.78, 5) is 39.3. The molecular weight excluding hydrogens is 923 g/mol. The first-order valence-corrected chi connectivity index (χ1v) is 25.9. The van der Waals surface area contributed by atoms with Crippen molar-refractivity contribution in [1.82, 2.24) is 19.6 Å². The zero-order valence-corrected chi connectivity index (χ0v) is 39.7. The normalized spacial score (nSPS) is 20.0. The van der Waals surface area contributed by atoms with Crippen molar-refractivity contribution in [2.45, 2.75) is 61.5 Å². The van der Waals surface area contributed by atoms with Crippen LogP contribution in [0.2, 0.25) is 5.02 Å². The minimum Gasteiger partial charge on any atom is -0.381 e. The number of nitrogens with one attached hydrogen (secondary N) is 3. The predicted octanol–water partition coefficient (Wildman–Crippen LogP) is 9.22. The van der Waals surface area contributed by atoms with E-state index in [-0.39, 0.29) is 66.6 Å². The maximum Gasteiger partial charge on any atom is 0.293 e. The number of carbonyl (C=O) groups is 1. The van der Waals surface area contributed by atoms with Crippen molar-refractivity contribution in [3.8, 4) is 0 Å². The fraction of sp³-hybridized carbons (Fsp3) is 0.404. The number of carbonyl (C=O) groups excluding carboxylic acids is 1. The van der Waals surface area contributed by atoms with Crippen LogP contribution in [-0.2, 0) is 14.8 Å². The molecule has 5 N–H and O–H groups in total. The summed E-state index contributed by atoms with van der Waals surface area (Å²) in [6.07, 6.45) is 4.99. The van der Waals surface area contributed by atoms with E-state index in [0.717, 1.165) is 56.7 Å². The fourth-order valence-electron chi connectivity index (χ4n) is 9.49. The molecule has 0 unspecified atom stereocenters. The largest absolute Gasteiger partial charge is 0.381 e. The summed E-state index contributed by atoms with van der Waals surface area (Å²) in [6.45, 7) is 8.60. The SMILES string of the molecule is CC1(C)CCC(CN2CCN(c3ccc(C(=O)NS(=O)(=O)c4ccc(NCC5(F)CCOCC5)c([N+](=O)[O-])c4)c(N4CCS(O)(O)c5nc6[nH]ccc6cc54)c3)CC2)=C(c2ccc(Cl)cc2)C1. The Balaban J connectivity index is 0.998. The molecule has 5 aromatic rings. The second-order valence-electron chi connectivity index (χ2n) is 18.6. The number of ether oxygens (including phenoxy) is 1. The van der Waals surface area contributed by atoms with Crippen LogP contribution in [0.4, 0.5) is 32.8 Å². The summed E-state index contributed by atoms with van der Waals surface area (Å²) in [5, 5.41) is 16.4. The molecule has 5 heterocycles. The van der Waals surface area contributed by atoms with E-state index in [4.69, 9.17) is 16.3 Å². The van der Waals surface area contributed by atoms with Crippen LogP contribution in [0, 0.1) is 15.5 Å². The lowest BCUT2D eigenvalue weighted by atomic mass is 9.72. The maximum absolute atomic E-state index is 15.3. The first-order valence-electron chi connectivity index (χ1n) is 22.3. The summed E-state index contributed by atoms with van der Waals surface area (Å²) < 4.78 is 73.0. The second kappa shape index (κ2) is 18.3. The highest BCUT2D eigenvalue weighted by molar-refractivity contribution is 8.24. The molecule has 9 rings (SSSR count). The van der Waals surface area contributed by atoms with Crippen LogP contribution >= 0.6 is 22.2 Å². The Morgan fingerprint density at radius 2 is 1.73 bits per heavy atom. The van der Waals surface area contributed by atoms with Crippen LogP contribution in [0.15, 0.2) is 94.5 Å². The Hall–Kier alpha value is -5.28. The average Bonchev–Trinajstić information content (AvgIpc) is 3.77. The van der Waals surface area contributed by atoms with Gasteiger partial charge in [0.15, 0.2) is 5.03 Å². The van der Waals surface area contributed by atoms with Crippen molar-refractivity contribution < 1.29 is 36.4 Å². The molecule has 2 fully saturated rings. The van der Waals surface area contributed by atoms with E-state index in [1.54, 1.807) is 35.4 Å². The molecular formula is C47H54ClFN8O8S2. The van der Waals surface area contributed by atoms with Crippen LogP contribution in [0.25, 0.3) is 16.6 Å². The van der Waals surface area contributed by atoms with Crippen LogP contribution in [0.5, 0.6) is 0 Å². The number of nitro benzene ring substituents is 1. The van der Waals surface area contributed by atoms with Gasteiger partial charge in [0.2, 0.25) is 0 Å². The Kier molecular flexibility index (Phi) is 12.8. The molecule has 2 aromatic heterocycles. The number of aromatic nitrogens is 2. The summed E-state index contributed by atoms with van der Waals surface area (Å²) in [5.74, 6) is -1.11. The van der Waals surface area contributed by atoms with Crippen molar-refractivity contribution in [3.05, 3.63) is 111 Å². The topological polar surface area (TPSA) is 206 Å². The Bertz CT molecular complexity index is 2860. The maximum atomic E-state index is 15.3. The van der Waals surface area contributed by atoms with E-state index in [9.17, 15) is 32.4 Å². The number of fused-ring (bicyclic) bond motifs is 2. The molecule has 20 heteroatoms. The third-order valence-corrected chi connectivity index (χ3v) is 16.7. The van der Waals surface area contributed by atoms with Gasteiger partial charge in [-0.25, -0.2) is 22.5 Å². The summed E-state index contributed by atoms with van der Waals surface area (Å²) in [5.41, 5.74) is 3.72. The van der Waals surface area contributed by atoms with Gasteiger partial charge in [0, 0.05) is 100 Å². The molecule has 0 atom stereocenters. The van der Waals surface area contributed by atoms with E-state index in [1.807, 2.05) is 18.2 Å². The molecule has 0 bridgehead atoms. The molecule has 0 radical (unpaired) electrons. The number of piperazine rings is 1. The Morgan fingerprint density at radius 1 is 0.985 bits per heavy atom. The van der Waals surface area contributed by atoms with Gasteiger partial charge in [0.25, 0.3) is 21.6 Å². The van der Waals surface area contributed by atoms with Crippen LogP contribution in [0.3, 0.4) is 0 Å². The van der Waals surface area contributed by atoms with Crippen molar-refractivity contribution in [2.75, 3.05) is 79.9 Å². The standard InChI is InChI=1S/C47H54ClFN8O8S2/c1-46(2)13-11-33(38(28-46)31-3-5-34(48)6-4-31)29-54-17-19-55(20-18-54)35-7-9-37(40(26-35)56-21-24-66(61,62)45-42(56)25-32-12-16-50-43(32)52-45)44(58)53-67(63,64)36-8-10-39(41(27-36)57(59)60)51-30-47(49)14-22-65-23-15-47/h3-10,12,16,25-27,51,61-62H,11,13-15,17-24,28-30H2,1-2H3,(H,50,52)(H,53,58). The lowest BCUT2D eigenvalue weighted by Gasteiger charge is -2.43. The van der Waals surface area contributed by atoms with E-state index < -0.39 is 47.7 Å². The number of hydrogen-bond donors (Lipinski definition) is 5. The quantitative estimate of drug-likeness (QED) is 0.0585. The molecule has 67 heavy (non-hydrogen) atoms. The van der Waals surface area contributed by atoms with Gasteiger partial charge < -0.3 is 24.8 Å². The number of pyridine rings is 1. The highest BCUT2D eigenvalue weighted by Gasteiger charge is 2.37. The van der Waals surface area contributed by atoms with Gasteiger partial charge >= 0.3 is 0 Å². The zero-order chi connectivity index (χ0) is 47.3. The predicted molar refractivity (Wildman–Crippen MR) is 260 cm³/mol. The average molecular weight is 978 g/mol. The third kappa shape index (κ3) is 10.00. The first kappa shape index (κ1) is 46.8. The molecule has 1 aliphatic carbocycles. The first-order chi connectivity index (χ1) is 31.9. The number of nitrogens with zero attached hydrogens (tertiary/aromatic N) is 5. The minimum atomic E-state index is -4.71. The summed E-state index contributed by atoms with van der Waals surface area (Å²) in [7, 11) is -8.05. The van der Waals surface area contributed by atoms with Gasteiger partial charge in [-0.2, -0.15) is 0 Å². The van der Waals surface area contributed by atoms with Crippen LogP contribution in [-0.4, -0.2) is 114 Å². The van der Waals surface area contributed by atoms with Crippen molar-refractivity contribution in [3.63, 3.8) is 0 Å². The molecule has 0 spiro atoms. The number of hydrogen-bond acceptors (Lipinski definition) is 13. The van der Waals surface area contributed by atoms with E-state index in [0.29, 0.717) is 40.5 Å². The zero-order valence-electron chi connectivity index (χ0n) is 37.3. The van der Waals surface area contributed by atoms with Crippen molar-refractivity contribution in [2.24, 2.45) is 5.41 Å². The minimum absolute atomic E-state index is 0.0381. The lowest BCUT2D eigenvalue weighted by Crippen LogP contribution is -2.47. The molecule has 356 valence electrons. The number of anilines is 4. The van der Waals surface area contributed by atoms with Crippen molar-refractivity contribution in [1.29, 1.82) is 0 Å². The summed E-state index contributed by atoms with van der Waals surface area (Å²) in [6, 6.07) is 19.9. The number of amides is 1. The molecule has 3 aliphatic heterocycles. The number of H-pyrrole nitrogens is 1. The van der Waals surface area contributed by atoms with Gasteiger partial charge in [-0.05, 0) is 90.4 Å². The highest BCUT2D eigenvalue weighted by Crippen LogP contribution is 2.56. The number of sulfonamides is 1. The van der Waals surface area contributed by atoms with Gasteiger partial charge in [-0.3, -0.25) is 28.9 Å². The number of nitro groups is 1. The lowest BCUT2D eigenvalue weighted by molar-refractivity contribution is -0.384. The second-order valence-corrected chi connectivity index (χ2v) is 22.9. The summed E-state index contributed by atoms with van der Waals surface area (Å²) >= 11 is 6.26. The molecule has 4 aliphatic rings. The fourth-order valence-corrected chi connectivity index (χ4v) is 12.0. The third-order valence-electron chi connectivity index (χ3n) is 13.4. The van der Waals surface area contributed by atoms with E-state index in [2.05, 4.69) is 55.8 Å². The Morgan fingerprint density at radius 3 is 2.46 bits per heavy atom. The number of allylic oxidation sites excluding steroid dienone is 1. The van der Waals surface area contributed by atoms with Gasteiger partial charge in [0.05, 0.1) is 32.5 Å². The number of rotatable bonds is 12. The number of alkyl halides is 1. The van der Waals surface area contributed by atoms with Crippen LogP contribution < -0.4 is 19.8 Å². The molecule has 2 saturated heterocycles. The molecule has 0 saturated carbocycles. The van der Waals surface area contributed by atoms with E-state index >= 15 is 4.39 Å². The highest BCUT2D eigenvalue weighted by atomic mass is 35.5. The number of halogens is 2. The van der Waals surface area contributed by atoms with Gasteiger partial charge in [0.1, 0.15) is 17.0 Å². The molecule has 1 amide bonds. The smallest absolute Gasteiger partial charge is 0.293 e. The van der Waals surface area contributed by atoms with Crippen LogP contribution in [0.1, 0.15) is 61.9 Å². The Labute approximate surface area is 395 Å². The number of aromatic amines is 1. The van der Waals surface area contributed by atoms with Crippen molar-refractivity contribution >= 4 is 83.2 Å². The van der Waals surface area contributed by atoms with E-state index in [1.165, 1.54) is 22.8 Å². The monoisotopic (exact) mass is 976 g/mol. The van der Waals surface area contributed by atoms with Gasteiger partial charge in [-0.1, -0.05) is 43.2 Å².